The van der Waals surface area contributed by atoms with Crippen LogP contribution in [-0.2, 0) is 11.3 Å². The SMILES string of the molecule is NC(=O)Cn1cc(NC(=O)c2ccc3c(Br)cnn3c2)cn1. The fourth-order valence-corrected chi connectivity index (χ4v) is 2.37. The zero-order chi connectivity index (χ0) is 15.7. The van der Waals surface area contributed by atoms with Crippen molar-refractivity contribution in [2.45, 2.75) is 6.54 Å². The third-order valence-corrected chi connectivity index (χ3v) is 3.55. The number of aromatic nitrogens is 4. The van der Waals surface area contributed by atoms with Crippen LogP contribution in [0.15, 0.2) is 41.4 Å². The van der Waals surface area contributed by atoms with Crippen LogP contribution < -0.4 is 11.1 Å². The van der Waals surface area contributed by atoms with Gasteiger partial charge in [-0.15, -0.1) is 0 Å². The first kappa shape index (κ1) is 14.3. The van der Waals surface area contributed by atoms with Gasteiger partial charge in [-0.05, 0) is 28.1 Å². The predicted molar refractivity (Wildman–Crippen MR) is 82.3 cm³/mol. The van der Waals surface area contributed by atoms with Crippen molar-refractivity contribution in [1.29, 1.82) is 0 Å². The Hall–Kier alpha value is -2.68. The summed E-state index contributed by atoms with van der Waals surface area (Å²) in [6.45, 7) is -0.0385. The second-order valence-corrected chi connectivity index (χ2v) is 5.44. The van der Waals surface area contributed by atoms with Gasteiger partial charge in [0.2, 0.25) is 5.91 Å². The first-order chi connectivity index (χ1) is 10.5. The van der Waals surface area contributed by atoms with Gasteiger partial charge in [0, 0.05) is 12.4 Å². The molecule has 8 nitrogen and oxygen atoms in total. The van der Waals surface area contributed by atoms with E-state index in [4.69, 9.17) is 5.73 Å². The molecule has 0 bridgehead atoms. The number of hydrogen-bond donors (Lipinski definition) is 2. The van der Waals surface area contributed by atoms with E-state index in [9.17, 15) is 9.59 Å². The predicted octanol–water partition coefficient (Wildman–Crippen LogP) is 1.03. The van der Waals surface area contributed by atoms with Crippen LogP contribution in [0.1, 0.15) is 10.4 Å². The Labute approximate surface area is 133 Å². The van der Waals surface area contributed by atoms with Gasteiger partial charge in [0.25, 0.3) is 5.91 Å². The van der Waals surface area contributed by atoms with Crippen LogP contribution >= 0.6 is 15.9 Å². The normalized spacial score (nSPS) is 10.8. The molecule has 0 saturated heterocycles. The molecule has 3 N–H and O–H groups in total. The molecule has 3 aromatic heterocycles. The van der Waals surface area contributed by atoms with E-state index in [-0.39, 0.29) is 12.5 Å². The molecular weight excluding hydrogens is 352 g/mol. The molecule has 112 valence electrons. The monoisotopic (exact) mass is 362 g/mol. The smallest absolute Gasteiger partial charge is 0.257 e. The maximum Gasteiger partial charge on any atom is 0.257 e. The number of carbonyl (C=O) groups excluding carboxylic acids is 2. The van der Waals surface area contributed by atoms with Crippen LogP contribution in [0, 0.1) is 0 Å². The van der Waals surface area contributed by atoms with E-state index in [2.05, 4.69) is 31.4 Å². The number of nitrogens with two attached hydrogens (primary N) is 1. The summed E-state index contributed by atoms with van der Waals surface area (Å²) in [5, 5.41) is 10.8. The molecule has 22 heavy (non-hydrogen) atoms. The van der Waals surface area contributed by atoms with Gasteiger partial charge in [0.05, 0.1) is 33.6 Å². The highest BCUT2D eigenvalue weighted by Crippen LogP contribution is 2.18. The number of pyridine rings is 1. The first-order valence-electron chi connectivity index (χ1n) is 6.28. The maximum absolute atomic E-state index is 12.2. The van der Waals surface area contributed by atoms with Gasteiger partial charge in [0.15, 0.2) is 0 Å². The Kier molecular flexibility index (Phi) is 3.63. The molecule has 0 aliphatic rings. The number of primary amides is 1. The Bertz CT molecular complexity index is 868. The van der Waals surface area contributed by atoms with Crippen LogP contribution in [0.5, 0.6) is 0 Å². The summed E-state index contributed by atoms with van der Waals surface area (Å²) in [7, 11) is 0. The lowest BCUT2D eigenvalue weighted by Crippen LogP contribution is -2.18. The topological polar surface area (TPSA) is 107 Å². The lowest BCUT2D eigenvalue weighted by molar-refractivity contribution is -0.118. The molecule has 0 unspecified atom stereocenters. The van der Waals surface area contributed by atoms with E-state index in [1.807, 2.05) is 0 Å². The molecule has 9 heteroatoms. The van der Waals surface area contributed by atoms with Crippen LogP contribution in [0.2, 0.25) is 0 Å². The molecule has 0 radical (unpaired) electrons. The molecule has 3 rings (SSSR count). The molecule has 3 heterocycles. The van der Waals surface area contributed by atoms with Crippen molar-refractivity contribution in [2.75, 3.05) is 5.32 Å². The second kappa shape index (κ2) is 5.60. The third kappa shape index (κ3) is 2.84. The zero-order valence-electron chi connectivity index (χ0n) is 11.2. The number of nitrogens with zero attached hydrogens (tertiary/aromatic N) is 4. The van der Waals surface area contributed by atoms with E-state index in [1.54, 1.807) is 29.0 Å². The highest BCUT2D eigenvalue weighted by Gasteiger charge is 2.10. The number of amides is 2. The van der Waals surface area contributed by atoms with Gasteiger partial charge in [-0.25, -0.2) is 4.52 Å². The number of hydrogen-bond acceptors (Lipinski definition) is 4. The van der Waals surface area contributed by atoms with Gasteiger partial charge in [-0.2, -0.15) is 10.2 Å². The molecule has 2 amide bonds. The molecule has 0 aliphatic heterocycles. The Balaban J connectivity index is 1.77. The van der Waals surface area contributed by atoms with E-state index in [0.29, 0.717) is 11.3 Å². The number of carbonyl (C=O) groups is 2. The van der Waals surface area contributed by atoms with Crippen molar-refractivity contribution >= 4 is 38.9 Å². The Morgan fingerprint density at radius 3 is 2.82 bits per heavy atom. The van der Waals surface area contributed by atoms with Crippen molar-refractivity contribution in [3.63, 3.8) is 0 Å². The molecule has 0 saturated carbocycles. The van der Waals surface area contributed by atoms with E-state index < -0.39 is 5.91 Å². The standard InChI is InChI=1S/C13H11BrN6O2/c14-10-4-17-20-5-8(1-2-11(10)20)13(22)18-9-3-16-19(6-9)7-12(15)21/h1-6H,7H2,(H2,15,21)(H,18,22). The summed E-state index contributed by atoms with van der Waals surface area (Å²) in [5.41, 5.74) is 6.88. The van der Waals surface area contributed by atoms with E-state index >= 15 is 0 Å². The summed E-state index contributed by atoms with van der Waals surface area (Å²) in [6, 6.07) is 3.49. The summed E-state index contributed by atoms with van der Waals surface area (Å²) in [6.07, 6.45) is 6.27. The molecule has 0 aromatic carbocycles. The number of rotatable bonds is 4. The van der Waals surface area contributed by atoms with Crippen molar-refractivity contribution in [3.8, 4) is 0 Å². The van der Waals surface area contributed by atoms with Gasteiger partial charge in [0.1, 0.15) is 6.54 Å². The van der Waals surface area contributed by atoms with Crippen molar-refractivity contribution < 1.29 is 9.59 Å². The largest absolute Gasteiger partial charge is 0.368 e. The van der Waals surface area contributed by atoms with E-state index in [0.717, 1.165) is 9.99 Å². The molecule has 0 spiro atoms. The molecule has 0 atom stereocenters. The van der Waals surface area contributed by atoms with E-state index in [1.165, 1.54) is 17.1 Å². The van der Waals surface area contributed by atoms with Crippen LogP contribution in [0.25, 0.3) is 5.52 Å². The van der Waals surface area contributed by atoms with Gasteiger partial charge in [-0.3, -0.25) is 14.3 Å². The second-order valence-electron chi connectivity index (χ2n) is 4.59. The molecule has 0 aliphatic carbocycles. The average Bonchev–Trinajstić information content (AvgIpc) is 3.05. The highest BCUT2D eigenvalue weighted by atomic mass is 79.9. The number of halogens is 1. The van der Waals surface area contributed by atoms with Gasteiger partial charge in [-0.1, -0.05) is 0 Å². The first-order valence-corrected chi connectivity index (χ1v) is 7.07. The molecule has 0 fully saturated rings. The summed E-state index contributed by atoms with van der Waals surface area (Å²) < 4.78 is 3.81. The highest BCUT2D eigenvalue weighted by molar-refractivity contribution is 9.10. The number of fused-ring (bicyclic) bond motifs is 1. The molecule has 3 aromatic rings. The maximum atomic E-state index is 12.2. The fraction of sp³-hybridized carbons (Fsp3) is 0.0769. The van der Waals surface area contributed by atoms with Crippen molar-refractivity contribution in [3.05, 3.63) is 47.0 Å². The number of anilines is 1. The van der Waals surface area contributed by atoms with Crippen LogP contribution in [-0.4, -0.2) is 31.2 Å². The lowest BCUT2D eigenvalue weighted by Gasteiger charge is -2.03. The Morgan fingerprint density at radius 2 is 2.05 bits per heavy atom. The lowest BCUT2D eigenvalue weighted by atomic mass is 10.2. The molecular formula is C13H11BrN6O2. The summed E-state index contributed by atoms with van der Waals surface area (Å²) >= 11 is 3.37. The fourth-order valence-electron chi connectivity index (χ4n) is 1.96. The number of nitrogens with one attached hydrogen (secondary N) is 1. The minimum absolute atomic E-state index is 0.0385. The average molecular weight is 363 g/mol. The van der Waals surface area contributed by atoms with Gasteiger partial charge < -0.3 is 11.1 Å². The quantitative estimate of drug-likeness (QED) is 0.722. The third-order valence-electron chi connectivity index (χ3n) is 2.94. The van der Waals surface area contributed by atoms with Crippen LogP contribution in [0.3, 0.4) is 0 Å². The Morgan fingerprint density at radius 1 is 1.23 bits per heavy atom. The zero-order valence-corrected chi connectivity index (χ0v) is 12.8. The van der Waals surface area contributed by atoms with Crippen molar-refractivity contribution in [2.24, 2.45) is 5.73 Å². The van der Waals surface area contributed by atoms with Gasteiger partial charge >= 0.3 is 0 Å². The van der Waals surface area contributed by atoms with Crippen LogP contribution in [0.4, 0.5) is 5.69 Å². The summed E-state index contributed by atoms with van der Waals surface area (Å²) in [5.74, 6) is -0.803. The summed E-state index contributed by atoms with van der Waals surface area (Å²) in [4.78, 5) is 23.0. The minimum atomic E-state index is -0.504. The van der Waals surface area contributed by atoms with Crippen molar-refractivity contribution in [1.82, 2.24) is 19.4 Å². The minimum Gasteiger partial charge on any atom is -0.368 e.